The predicted molar refractivity (Wildman–Crippen MR) is 86.5 cm³/mol. The van der Waals surface area contributed by atoms with Crippen molar-refractivity contribution in [1.82, 2.24) is 5.16 Å². The summed E-state index contributed by atoms with van der Waals surface area (Å²) in [6, 6.07) is 9.36. The monoisotopic (exact) mass is 351 g/mol. The smallest absolute Gasteiger partial charge is 0.246 e. The molecule has 1 heterocycles. The third-order valence-corrected chi connectivity index (χ3v) is 3.55. The quantitative estimate of drug-likeness (QED) is 0.879. The van der Waals surface area contributed by atoms with E-state index in [2.05, 4.69) is 31.7 Å². The average Bonchev–Trinajstić information content (AvgIpc) is 2.86. The van der Waals surface area contributed by atoms with Crippen molar-refractivity contribution in [2.45, 2.75) is 26.2 Å². The van der Waals surface area contributed by atoms with Gasteiger partial charge in [-0.05, 0) is 28.1 Å². The summed E-state index contributed by atoms with van der Waals surface area (Å²) in [5.74, 6) is 0.168. The van der Waals surface area contributed by atoms with E-state index >= 15 is 0 Å². The Kier molecular flexibility index (Phi) is 4.67. The maximum atomic E-state index is 11.9. The summed E-state index contributed by atoms with van der Waals surface area (Å²) < 4.78 is 6.03. The van der Waals surface area contributed by atoms with Gasteiger partial charge in [0.2, 0.25) is 11.8 Å². The van der Waals surface area contributed by atoms with E-state index in [0.717, 1.165) is 15.9 Å². The normalized spacial score (nSPS) is 11.2. The van der Waals surface area contributed by atoms with Crippen LogP contribution in [0.2, 0.25) is 0 Å². The first kappa shape index (κ1) is 15.6. The topological polar surface area (TPSA) is 67.2 Å². The van der Waals surface area contributed by atoms with Gasteiger partial charge in [0.25, 0.3) is 0 Å². The van der Waals surface area contributed by atoms with Gasteiger partial charge in [-0.1, -0.05) is 38.1 Å². The van der Waals surface area contributed by atoms with Gasteiger partial charge in [-0.25, -0.2) is 0 Å². The van der Waals surface area contributed by atoms with Crippen LogP contribution in [0.5, 0.6) is 0 Å². The van der Waals surface area contributed by atoms with E-state index in [4.69, 9.17) is 4.52 Å². The molecule has 2 N–H and O–H groups in total. The molecule has 1 amide bonds. The van der Waals surface area contributed by atoms with Crippen molar-refractivity contribution >= 4 is 33.4 Å². The molecule has 21 heavy (non-hydrogen) atoms. The number of nitrogens with one attached hydrogen (secondary N) is 2. The molecule has 1 aromatic heterocycles. The molecule has 0 atom stereocenters. The Labute approximate surface area is 132 Å². The fourth-order valence-corrected chi connectivity index (χ4v) is 2.07. The van der Waals surface area contributed by atoms with Crippen LogP contribution >= 0.6 is 15.9 Å². The number of anilines is 2. The Hall–Kier alpha value is -1.82. The zero-order chi connectivity index (χ0) is 15.5. The molecule has 0 aliphatic rings. The number of halogens is 1. The molecule has 112 valence electrons. The molecule has 0 aliphatic carbocycles. The lowest BCUT2D eigenvalue weighted by Gasteiger charge is -2.12. The van der Waals surface area contributed by atoms with Crippen LogP contribution < -0.4 is 10.6 Å². The number of hydrogen-bond acceptors (Lipinski definition) is 4. The maximum Gasteiger partial charge on any atom is 0.246 e. The standard InChI is InChI=1S/C15H18BrN3O2/c1-15(2,3)12-8-14(21-19-12)18-13(20)9-17-11-7-5-4-6-10(11)16/h4-8,17H,9H2,1-3H3,(H,18,20). The fraction of sp³-hybridized carbons (Fsp3) is 0.333. The molecule has 0 saturated carbocycles. The van der Waals surface area contributed by atoms with Crippen molar-refractivity contribution in [2.75, 3.05) is 17.2 Å². The van der Waals surface area contributed by atoms with Gasteiger partial charge in [0, 0.05) is 21.6 Å². The summed E-state index contributed by atoms with van der Waals surface area (Å²) in [5, 5.41) is 9.68. The number of para-hydroxylation sites is 1. The van der Waals surface area contributed by atoms with Gasteiger partial charge < -0.3 is 9.84 Å². The highest BCUT2D eigenvalue weighted by Crippen LogP contribution is 2.24. The maximum absolute atomic E-state index is 11.9. The summed E-state index contributed by atoms with van der Waals surface area (Å²) in [6.45, 7) is 6.25. The van der Waals surface area contributed by atoms with E-state index in [1.807, 2.05) is 45.0 Å². The Morgan fingerprint density at radius 2 is 2.05 bits per heavy atom. The van der Waals surface area contributed by atoms with E-state index in [1.165, 1.54) is 0 Å². The molecule has 2 aromatic rings. The highest BCUT2D eigenvalue weighted by atomic mass is 79.9. The summed E-state index contributed by atoms with van der Waals surface area (Å²) >= 11 is 3.42. The summed E-state index contributed by atoms with van der Waals surface area (Å²) in [5.41, 5.74) is 1.55. The Morgan fingerprint density at radius 1 is 1.33 bits per heavy atom. The molecular weight excluding hydrogens is 334 g/mol. The highest BCUT2D eigenvalue weighted by molar-refractivity contribution is 9.10. The number of aromatic nitrogens is 1. The molecule has 2 rings (SSSR count). The predicted octanol–water partition coefficient (Wildman–Crippen LogP) is 3.79. The van der Waals surface area contributed by atoms with Gasteiger partial charge in [0.15, 0.2) is 0 Å². The second kappa shape index (κ2) is 6.30. The number of nitrogens with zero attached hydrogens (tertiary/aromatic N) is 1. The minimum absolute atomic E-state index is 0.111. The van der Waals surface area contributed by atoms with Crippen LogP contribution in [0.3, 0.4) is 0 Å². The molecule has 1 aromatic carbocycles. The van der Waals surface area contributed by atoms with Crippen LogP contribution in [-0.4, -0.2) is 17.6 Å². The van der Waals surface area contributed by atoms with Crippen molar-refractivity contribution in [2.24, 2.45) is 0 Å². The van der Waals surface area contributed by atoms with Crippen molar-refractivity contribution in [3.05, 3.63) is 40.5 Å². The summed E-state index contributed by atoms with van der Waals surface area (Å²) in [7, 11) is 0. The Morgan fingerprint density at radius 3 is 2.67 bits per heavy atom. The van der Waals surface area contributed by atoms with Crippen molar-refractivity contribution in [3.63, 3.8) is 0 Å². The van der Waals surface area contributed by atoms with Crippen LogP contribution in [0.4, 0.5) is 11.6 Å². The number of carbonyl (C=O) groups excluding carboxylic acids is 1. The van der Waals surface area contributed by atoms with Gasteiger partial charge in [-0.15, -0.1) is 0 Å². The van der Waals surface area contributed by atoms with Gasteiger partial charge in [0.05, 0.1) is 12.2 Å². The average molecular weight is 352 g/mol. The van der Waals surface area contributed by atoms with Crippen molar-refractivity contribution in [1.29, 1.82) is 0 Å². The van der Waals surface area contributed by atoms with Gasteiger partial charge in [-0.3, -0.25) is 10.1 Å². The molecule has 0 radical (unpaired) electrons. The van der Waals surface area contributed by atoms with E-state index in [-0.39, 0.29) is 17.9 Å². The van der Waals surface area contributed by atoms with Gasteiger partial charge in [0.1, 0.15) is 0 Å². The Balaban J connectivity index is 1.90. The van der Waals surface area contributed by atoms with Gasteiger partial charge >= 0.3 is 0 Å². The van der Waals surface area contributed by atoms with Crippen LogP contribution in [0.15, 0.2) is 39.3 Å². The minimum atomic E-state index is -0.192. The lowest BCUT2D eigenvalue weighted by atomic mass is 9.92. The van der Waals surface area contributed by atoms with E-state index < -0.39 is 0 Å². The molecule has 6 heteroatoms. The number of rotatable bonds is 4. The molecule has 0 bridgehead atoms. The fourth-order valence-electron chi connectivity index (χ4n) is 1.65. The van der Waals surface area contributed by atoms with Crippen molar-refractivity contribution < 1.29 is 9.32 Å². The second-order valence-corrected chi connectivity index (χ2v) is 6.56. The number of benzene rings is 1. The summed E-state index contributed by atoms with van der Waals surface area (Å²) in [6.07, 6.45) is 0. The lowest BCUT2D eigenvalue weighted by molar-refractivity contribution is -0.114. The number of amides is 1. The lowest BCUT2D eigenvalue weighted by Crippen LogP contribution is -2.21. The molecular formula is C15H18BrN3O2. The second-order valence-electron chi connectivity index (χ2n) is 5.71. The first-order valence-corrected chi connectivity index (χ1v) is 7.41. The van der Waals surface area contributed by atoms with E-state index in [9.17, 15) is 4.79 Å². The molecule has 5 nitrogen and oxygen atoms in total. The molecule has 0 unspecified atom stereocenters. The first-order chi connectivity index (χ1) is 9.86. The highest BCUT2D eigenvalue weighted by Gasteiger charge is 2.19. The zero-order valence-corrected chi connectivity index (χ0v) is 13.8. The number of hydrogen-bond donors (Lipinski definition) is 2. The third-order valence-electron chi connectivity index (χ3n) is 2.85. The molecule has 0 saturated heterocycles. The van der Waals surface area contributed by atoms with E-state index in [0.29, 0.717) is 5.88 Å². The molecule has 0 aliphatic heterocycles. The van der Waals surface area contributed by atoms with Crippen LogP contribution in [0.25, 0.3) is 0 Å². The zero-order valence-electron chi connectivity index (χ0n) is 12.2. The largest absolute Gasteiger partial charge is 0.375 e. The SMILES string of the molecule is CC(C)(C)c1cc(NC(=O)CNc2ccccc2Br)on1. The van der Waals surface area contributed by atoms with E-state index in [1.54, 1.807) is 6.07 Å². The minimum Gasteiger partial charge on any atom is -0.375 e. The third kappa shape index (κ3) is 4.32. The van der Waals surface area contributed by atoms with Crippen LogP contribution in [0.1, 0.15) is 26.5 Å². The summed E-state index contributed by atoms with van der Waals surface area (Å²) in [4.78, 5) is 11.9. The molecule has 0 fully saturated rings. The van der Waals surface area contributed by atoms with Crippen LogP contribution in [-0.2, 0) is 10.2 Å². The van der Waals surface area contributed by atoms with Crippen LogP contribution in [0, 0.1) is 0 Å². The number of carbonyl (C=O) groups is 1. The molecule has 0 spiro atoms. The van der Waals surface area contributed by atoms with Gasteiger partial charge in [-0.2, -0.15) is 0 Å². The first-order valence-electron chi connectivity index (χ1n) is 6.62. The van der Waals surface area contributed by atoms with Crippen molar-refractivity contribution in [3.8, 4) is 0 Å². The Bertz CT molecular complexity index is 632.